The molecule has 0 fully saturated rings. The van der Waals surface area contributed by atoms with E-state index in [2.05, 4.69) is 31.2 Å². The number of benzene rings is 1. The summed E-state index contributed by atoms with van der Waals surface area (Å²) < 4.78 is 18.3. The smallest absolute Gasteiger partial charge is 0.148 e. The van der Waals surface area contributed by atoms with Crippen LogP contribution in [0.25, 0.3) is 5.69 Å². The average molecular weight is 362 g/mol. The molecule has 2 aromatic heterocycles. The minimum absolute atomic E-state index is 0.279. The summed E-state index contributed by atoms with van der Waals surface area (Å²) in [5, 5.41) is 11.6. The number of rotatable bonds is 3. The van der Waals surface area contributed by atoms with Crippen LogP contribution in [0.5, 0.6) is 0 Å². The predicted molar refractivity (Wildman–Crippen MR) is 85.9 cm³/mol. The summed E-state index contributed by atoms with van der Waals surface area (Å²) in [5.41, 5.74) is 3.27. The average Bonchev–Trinajstić information content (AvgIpc) is 3.07. The molecule has 112 valence electrons. The lowest BCUT2D eigenvalue weighted by Gasteiger charge is -2.11. The SMILES string of the molecule is Cc1cc(C=Nn2cnnc2)c(C)n1-c1ccc(Br)cc1F. The zero-order valence-electron chi connectivity index (χ0n) is 12.0. The van der Waals surface area contributed by atoms with Crippen molar-refractivity contribution in [2.24, 2.45) is 5.10 Å². The van der Waals surface area contributed by atoms with E-state index in [4.69, 9.17) is 0 Å². The Kier molecular flexibility index (Phi) is 3.89. The Labute approximate surface area is 135 Å². The number of halogens is 2. The Morgan fingerprint density at radius 1 is 1.18 bits per heavy atom. The van der Waals surface area contributed by atoms with E-state index >= 15 is 0 Å². The molecule has 3 rings (SSSR count). The number of nitrogens with zero attached hydrogens (tertiary/aromatic N) is 5. The normalized spacial score (nSPS) is 11.5. The van der Waals surface area contributed by atoms with E-state index in [1.54, 1.807) is 12.3 Å². The molecule has 0 radical (unpaired) electrons. The molecule has 0 aliphatic carbocycles. The lowest BCUT2D eigenvalue weighted by atomic mass is 10.2. The Morgan fingerprint density at radius 2 is 1.91 bits per heavy atom. The molecule has 2 heterocycles. The molecule has 0 spiro atoms. The van der Waals surface area contributed by atoms with Crippen molar-refractivity contribution in [3.05, 3.63) is 64.2 Å². The highest BCUT2D eigenvalue weighted by Crippen LogP contribution is 2.24. The molecule has 0 aliphatic rings. The Balaban J connectivity index is 2.03. The van der Waals surface area contributed by atoms with Gasteiger partial charge in [0.2, 0.25) is 0 Å². The second-order valence-corrected chi connectivity index (χ2v) is 5.76. The van der Waals surface area contributed by atoms with Crippen LogP contribution < -0.4 is 0 Å². The molecule has 0 N–H and O–H groups in total. The molecule has 0 saturated carbocycles. The molecule has 0 unspecified atom stereocenters. The quantitative estimate of drug-likeness (QED) is 0.670. The summed E-state index contributed by atoms with van der Waals surface area (Å²) in [6.07, 6.45) is 4.72. The maximum absolute atomic E-state index is 14.2. The second-order valence-electron chi connectivity index (χ2n) is 4.84. The van der Waals surface area contributed by atoms with Gasteiger partial charge in [0.25, 0.3) is 0 Å². The van der Waals surface area contributed by atoms with Gasteiger partial charge in [0.05, 0.1) is 11.9 Å². The highest BCUT2D eigenvalue weighted by atomic mass is 79.9. The van der Waals surface area contributed by atoms with Crippen LogP contribution in [0.4, 0.5) is 4.39 Å². The molecular weight excluding hydrogens is 349 g/mol. The van der Waals surface area contributed by atoms with E-state index < -0.39 is 0 Å². The second kappa shape index (κ2) is 5.84. The summed E-state index contributed by atoms with van der Waals surface area (Å²) in [7, 11) is 0. The van der Waals surface area contributed by atoms with E-state index in [0.29, 0.717) is 10.2 Å². The van der Waals surface area contributed by atoms with Gasteiger partial charge in [-0.2, -0.15) is 5.10 Å². The van der Waals surface area contributed by atoms with Crippen molar-refractivity contribution in [2.45, 2.75) is 13.8 Å². The van der Waals surface area contributed by atoms with Crippen LogP contribution in [0.3, 0.4) is 0 Å². The van der Waals surface area contributed by atoms with Gasteiger partial charge in [0.1, 0.15) is 18.5 Å². The molecule has 0 atom stereocenters. The minimum atomic E-state index is -0.279. The fourth-order valence-corrected chi connectivity index (χ4v) is 2.67. The van der Waals surface area contributed by atoms with Crippen molar-refractivity contribution >= 4 is 22.1 Å². The molecule has 22 heavy (non-hydrogen) atoms. The van der Waals surface area contributed by atoms with Crippen molar-refractivity contribution in [2.75, 3.05) is 0 Å². The van der Waals surface area contributed by atoms with Crippen molar-refractivity contribution in [3.8, 4) is 5.69 Å². The molecule has 0 saturated heterocycles. The van der Waals surface area contributed by atoms with Crippen LogP contribution in [0.2, 0.25) is 0 Å². The van der Waals surface area contributed by atoms with E-state index in [-0.39, 0.29) is 5.82 Å². The predicted octanol–water partition coefficient (Wildman–Crippen LogP) is 3.47. The fraction of sp³-hybridized carbons (Fsp3) is 0.133. The first kappa shape index (κ1) is 14.6. The molecule has 0 amide bonds. The fourth-order valence-electron chi connectivity index (χ4n) is 2.34. The molecule has 7 heteroatoms. The third kappa shape index (κ3) is 2.71. The van der Waals surface area contributed by atoms with E-state index in [1.165, 1.54) is 23.4 Å². The van der Waals surface area contributed by atoms with Crippen LogP contribution in [-0.2, 0) is 0 Å². The third-order valence-electron chi connectivity index (χ3n) is 3.36. The molecule has 0 aliphatic heterocycles. The van der Waals surface area contributed by atoms with Gasteiger partial charge in [-0.15, -0.1) is 10.2 Å². The van der Waals surface area contributed by atoms with Gasteiger partial charge in [-0.05, 0) is 38.1 Å². The summed E-state index contributed by atoms with van der Waals surface area (Å²) in [4.78, 5) is 0. The Morgan fingerprint density at radius 3 is 2.59 bits per heavy atom. The van der Waals surface area contributed by atoms with Gasteiger partial charge in [-0.1, -0.05) is 15.9 Å². The van der Waals surface area contributed by atoms with Gasteiger partial charge >= 0.3 is 0 Å². The van der Waals surface area contributed by atoms with Crippen LogP contribution >= 0.6 is 15.9 Å². The highest BCUT2D eigenvalue weighted by molar-refractivity contribution is 9.10. The molecule has 5 nitrogen and oxygen atoms in total. The first-order chi connectivity index (χ1) is 10.6. The minimum Gasteiger partial charge on any atom is -0.315 e. The van der Waals surface area contributed by atoms with Crippen LogP contribution in [-0.4, -0.2) is 25.7 Å². The zero-order valence-corrected chi connectivity index (χ0v) is 13.6. The number of aromatic nitrogens is 4. The summed E-state index contributed by atoms with van der Waals surface area (Å²) in [6.45, 7) is 3.87. The summed E-state index contributed by atoms with van der Waals surface area (Å²) in [6, 6.07) is 6.99. The maximum Gasteiger partial charge on any atom is 0.148 e. The maximum atomic E-state index is 14.2. The van der Waals surface area contributed by atoms with E-state index in [1.807, 2.05) is 30.5 Å². The first-order valence-corrected chi connectivity index (χ1v) is 7.39. The van der Waals surface area contributed by atoms with E-state index in [0.717, 1.165) is 17.0 Å². The number of hydrogen-bond donors (Lipinski definition) is 0. The van der Waals surface area contributed by atoms with Gasteiger partial charge in [-0.3, -0.25) is 0 Å². The highest BCUT2D eigenvalue weighted by Gasteiger charge is 2.13. The third-order valence-corrected chi connectivity index (χ3v) is 3.85. The first-order valence-electron chi connectivity index (χ1n) is 6.59. The Bertz CT molecular complexity index is 836. The number of aryl methyl sites for hydroxylation is 1. The van der Waals surface area contributed by atoms with Crippen molar-refractivity contribution in [1.82, 2.24) is 19.4 Å². The largest absolute Gasteiger partial charge is 0.315 e. The van der Waals surface area contributed by atoms with Gasteiger partial charge in [0.15, 0.2) is 0 Å². The lowest BCUT2D eigenvalue weighted by molar-refractivity contribution is 0.615. The Hall–Kier alpha value is -2.28. The van der Waals surface area contributed by atoms with E-state index in [9.17, 15) is 4.39 Å². The topological polar surface area (TPSA) is 48.0 Å². The molecule has 3 aromatic rings. The lowest BCUT2D eigenvalue weighted by Crippen LogP contribution is -2.02. The standard InChI is InChI=1S/C15H13BrFN5/c1-10-5-12(7-20-21-8-18-19-9-21)11(2)22(10)15-4-3-13(16)6-14(15)17/h3-9H,1-2H3. The van der Waals surface area contributed by atoms with Crippen LogP contribution in [0.15, 0.2) is 46.5 Å². The van der Waals surface area contributed by atoms with Crippen LogP contribution in [0, 0.1) is 19.7 Å². The summed E-state index contributed by atoms with van der Waals surface area (Å²) >= 11 is 3.27. The molecular formula is C15H13BrFN5. The van der Waals surface area contributed by atoms with Crippen molar-refractivity contribution < 1.29 is 4.39 Å². The number of hydrogen-bond acceptors (Lipinski definition) is 3. The van der Waals surface area contributed by atoms with Gasteiger partial charge in [0, 0.05) is 21.4 Å². The van der Waals surface area contributed by atoms with Crippen LogP contribution in [0.1, 0.15) is 17.0 Å². The van der Waals surface area contributed by atoms with Gasteiger partial charge < -0.3 is 4.57 Å². The molecule has 0 bridgehead atoms. The van der Waals surface area contributed by atoms with Crippen molar-refractivity contribution in [3.63, 3.8) is 0 Å². The zero-order chi connectivity index (χ0) is 15.7. The van der Waals surface area contributed by atoms with Gasteiger partial charge in [-0.25, -0.2) is 9.07 Å². The summed E-state index contributed by atoms with van der Waals surface area (Å²) in [5.74, 6) is -0.279. The monoisotopic (exact) mass is 361 g/mol. The van der Waals surface area contributed by atoms with Crippen molar-refractivity contribution in [1.29, 1.82) is 0 Å². The molecule has 1 aromatic carbocycles.